The Kier molecular flexibility index (Phi) is 4.94. The van der Waals surface area contributed by atoms with E-state index in [1.54, 1.807) is 6.92 Å². The summed E-state index contributed by atoms with van der Waals surface area (Å²) in [6, 6.07) is 6.02. The molecule has 3 heterocycles. The third-order valence-corrected chi connectivity index (χ3v) is 9.36. The molecule has 0 bridgehead atoms. The Hall–Kier alpha value is -2.89. The van der Waals surface area contributed by atoms with Crippen molar-refractivity contribution in [1.82, 2.24) is 0 Å². The van der Waals surface area contributed by atoms with E-state index < -0.39 is 5.41 Å². The highest BCUT2D eigenvalue weighted by molar-refractivity contribution is 6.25. The van der Waals surface area contributed by atoms with E-state index in [9.17, 15) is 9.59 Å². The molecule has 0 radical (unpaired) electrons. The molecule has 0 aromatic heterocycles. The van der Waals surface area contributed by atoms with E-state index in [0.717, 1.165) is 48.9 Å². The van der Waals surface area contributed by atoms with Gasteiger partial charge in [0.15, 0.2) is 17.4 Å². The highest BCUT2D eigenvalue weighted by Crippen LogP contribution is 2.63. The molecule has 2 atom stereocenters. The van der Waals surface area contributed by atoms with Crippen LogP contribution in [-0.2, 0) is 24.5 Å². The first-order valence-corrected chi connectivity index (χ1v) is 13.5. The van der Waals surface area contributed by atoms with Gasteiger partial charge in [0, 0.05) is 30.4 Å². The van der Waals surface area contributed by atoms with Crippen molar-refractivity contribution in [2.24, 2.45) is 11.1 Å². The summed E-state index contributed by atoms with van der Waals surface area (Å²) in [5.41, 5.74) is 7.65. The lowest BCUT2D eigenvalue weighted by Gasteiger charge is -2.51. The molecule has 190 valence electrons. The fourth-order valence-corrected chi connectivity index (χ4v) is 8.03. The van der Waals surface area contributed by atoms with Gasteiger partial charge in [-0.1, -0.05) is 65.2 Å². The summed E-state index contributed by atoms with van der Waals surface area (Å²) in [6.45, 7) is 8.06. The van der Waals surface area contributed by atoms with E-state index in [-0.39, 0.29) is 52.2 Å². The van der Waals surface area contributed by atoms with Gasteiger partial charge in [-0.05, 0) is 36.2 Å². The van der Waals surface area contributed by atoms with Crippen LogP contribution >= 0.6 is 0 Å². The van der Waals surface area contributed by atoms with Crippen molar-refractivity contribution in [2.75, 3.05) is 4.90 Å². The molecular formula is C30H36N2O4. The fourth-order valence-electron chi connectivity index (χ4n) is 8.03. The highest BCUT2D eigenvalue weighted by Gasteiger charge is 2.67. The molecule has 2 N–H and O–H groups in total. The van der Waals surface area contributed by atoms with E-state index in [4.69, 9.17) is 10.5 Å². The summed E-state index contributed by atoms with van der Waals surface area (Å²) in [5, 5.41) is 0. The molecule has 2 spiro atoms. The summed E-state index contributed by atoms with van der Waals surface area (Å²) in [6.07, 6.45) is 7.05. The van der Waals surface area contributed by atoms with Crippen LogP contribution in [0.25, 0.3) is 0 Å². The van der Waals surface area contributed by atoms with Gasteiger partial charge >= 0.3 is 0 Å². The maximum absolute atomic E-state index is 15.1. The minimum absolute atomic E-state index is 0.0253. The lowest BCUT2D eigenvalue weighted by atomic mass is 9.61. The van der Waals surface area contributed by atoms with Crippen molar-refractivity contribution in [1.29, 1.82) is 0 Å². The number of carbonyl (C=O) groups is 3. The summed E-state index contributed by atoms with van der Waals surface area (Å²) in [4.78, 5) is 44.7. The normalized spacial score (nSPS) is 30.0. The van der Waals surface area contributed by atoms with Crippen LogP contribution in [0.5, 0.6) is 0 Å². The quantitative estimate of drug-likeness (QED) is 0.610. The molecule has 6 rings (SSSR count). The van der Waals surface area contributed by atoms with E-state index >= 15 is 4.79 Å². The first kappa shape index (κ1) is 23.5. The van der Waals surface area contributed by atoms with Gasteiger partial charge in [0.05, 0.1) is 16.8 Å². The molecule has 36 heavy (non-hydrogen) atoms. The molecular weight excluding hydrogens is 452 g/mol. The van der Waals surface area contributed by atoms with Crippen molar-refractivity contribution in [3.05, 3.63) is 52.1 Å². The Morgan fingerprint density at radius 1 is 1.14 bits per heavy atom. The van der Waals surface area contributed by atoms with E-state index in [1.165, 1.54) is 6.42 Å². The number of nitrogens with two attached hydrogens (primary N) is 1. The molecule has 1 aromatic rings. The van der Waals surface area contributed by atoms with Crippen LogP contribution in [0.2, 0.25) is 0 Å². The largest absolute Gasteiger partial charge is 0.445 e. The molecule has 5 aliphatic rings. The zero-order valence-corrected chi connectivity index (χ0v) is 21.8. The number of para-hydroxylation sites is 1. The first-order chi connectivity index (χ1) is 17.1. The number of hydrogen-bond acceptors (Lipinski definition) is 5. The minimum atomic E-state index is -1.53. The van der Waals surface area contributed by atoms with Crippen LogP contribution in [0.3, 0.4) is 0 Å². The van der Waals surface area contributed by atoms with Crippen LogP contribution in [0.4, 0.5) is 5.69 Å². The molecule has 3 aliphatic heterocycles. The molecule has 6 nitrogen and oxygen atoms in total. The van der Waals surface area contributed by atoms with Gasteiger partial charge in [-0.25, -0.2) is 0 Å². The van der Waals surface area contributed by atoms with Gasteiger partial charge in [-0.2, -0.15) is 0 Å². The molecule has 1 aromatic carbocycles. The fraction of sp³-hybridized carbons (Fsp3) is 0.567. The highest BCUT2D eigenvalue weighted by atomic mass is 16.5. The number of fused-ring (bicyclic) bond motifs is 3. The third-order valence-electron chi connectivity index (χ3n) is 9.36. The summed E-state index contributed by atoms with van der Waals surface area (Å²) >= 11 is 0. The Balaban J connectivity index is 1.71. The molecule has 2 aliphatic carbocycles. The third kappa shape index (κ3) is 2.81. The smallest absolute Gasteiger partial charge is 0.247 e. The maximum atomic E-state index is 15.1. The number of carbonyl (C=O) groups excluding carboxylic acids is 3. The number of rotatable bonds is 2. The van der Waals surface area contributed by atoms with Crippen molar-refractivity contribution in [3.8, 4) is 0 Å². The molecule has 1 amide bonds. The summed E-state index contributed by atoms with van der Waals surface area (Å²) in [5.74, 6) is 0.168. The van der Waals surface area contributed by atoms with Crippen molar-refractivity contribution in [2.45, 2.75) is 102 Å². The van der Waals surface area contributed by atoms with E-state index in [2.05, 4.69) is 13.0 Å². The topological polar surface area (TPSA) is 89.7 Å². The standard InChI is InChI=1S/C30H36N2O4/c1-5-20(33)24-26(31)36-22-16-28(3,4)15-21(34)23(22)30(24)19-11-9-10-18-17(2)14-29(12-7-6-8-13-29)32(25(18)19)27(30)35/h9-11,17H,5-8,12-16,31H2,1-4H3. The van der Waals surface area contributed by atoms with Crippen molar-refractivity contribution >= 4 is 23.2 Å². The van der Waals surface area contributed by atoms with Crippen LogP contribution in [-0.4, -0.2) is 23.0 Å². The van der Waals surface area contributed by atoms with Crippen LogP contribution in [0.1, 0.15) is 103 Å². The molecule has 0 saturated heterocycles. The Bertz CT molecular complexity index is 1280. The number of hydrogen-bond donors (Lipinski definition) is 1. The second-order valence-electron chi connectivity index (χ2n) is 12.4. The second kappa shape index (κ2) is 7.56. The Labute approximate surface area is 212 Å². The number of ketones is 2. The molecule has 1 saturated carbocycles. The molecule has 2 unspecified atom stereocenters. The zero-order valence-electron chi connectivity index (χ0n) is 21.8. The van der Waals surface area contributed by atoms with Crippen molar-refractivity contribution < 1.29 is 19.1 Å². The van der Waals surface area contributed by atoms with Crippen LogP contribution in [0.15, 0.2) is 41.0 Å². The van der Waals surface area contributed by atoms with E-state index in [0.29, 0.717) is 24.2 Å². The molecule has 1 fully saturated rings. The average molecular weight is 489 g/mol. The van der Waals surface area contributed by atoms with Gasteiger partial charge < -0.3 is 15.4 Å². The first-order valence-electron chi connectivity index (χ1n) is 13.5. The maximum Gasteiger partial charge on any atom is 0.247 e. The van der Waals surface area contributed by atoms with Gasteiger partial charge in [-0.3, -0.25) is 14.4 Å². The predicted molar refractivity (Wildman–Crippen MR) is 137 cm³/mol. The number of Topliss-reactive ketones (excluding diaryl/α,β-unsaturated/α-hetero) is 2. The van der Waals surface area contributed by atoms with Crippen LogP contribution in [0, 0.1) is 5.41 Å². The Morgan fingerprint density at radius 2 is 1.86 bits per heavy atom. The summed E-state index contributed by atoms with van der Waals surface area (Å²) in [7, 11) is 0. The number of benzene rings is 1. The van der Waals surface area contributed by atoms with Gasteiger partial charge in [0.25, 0.3) is 0 Å². The minimum Gasteiger partial charge on any atom is -0.445 e. The lowest BCUT2D eigenvalue weighted by Crippen LogP contribution is -2.59. The van der Waals surface area contributed by atoms with Gasteiger partial charge in [0.2, 0.25) is 5.91 Å². The number of anilines is 1. The monoisotopic (exact) mass is 488 g/mol. The SMILES string of the molecule is CCC(=O)C1=C(N)OC2=C(C(=O)CC(C)(C)C2)C12C(=O)N1c3c(cccc32)C(C)CC12CCCCC2. The van der Waals surface area contributed by atoms with Gasteiger partial charge in [0.1, 0.15) is 11.2 Å². The summed E-state index contributed by atoms with van der Waals surface area (Å²) < 4.78 is 6.08. The van der Waals surface area contributed by atoms with Crippen molar-refractivity contribution in [3.63, 3.8) is 0 Å². The lowest BCUT2D eigenvalue weighted by molar-refractivity contribution is -0.128. The average Bonchev–Trinajstić information content (AvgIpc) is 3.06. The predicted octanol–water partition coefficient (Wildman–Crippen LogP) is 5.30. The zero-order chi connectivity index (χ0) is 25.6. The molecule has 6 heteroatoms. The number of amides is 1. The number of nitrogens with zero attached hydrogens (tertiary/aromatic N) is 1. The number of allylic oxidation sites excluding steroid dienone is 1. The van der Waals surface area contributed by atoms with Crippen LogP contribution < -0.4 is 10.6 Å². The second-order valence-corrected chi connectivity index (χ2v) is 12.4. The number of ether oxygens (including phenoxy) is 1. The Morgan fingerprint density at radius 3 is 2.56 bits per heavy atom. The van der Waals surface area contributed by atoms with E-state index in [1.807, 2.05) is 30.9 Å². The van der Waals surface area contributed by atoms with Gasteiger partial charge in [-0.15, -0.1) is 0 Å².